The minimum absolute atomic E-state index is 0.634. The van der Waals surface area contributed by atoms with Crippen LogP contribution in [0, 0.1) is 5.92 Å². The highest BCUT2D eigenvalue weighted by Crippen LogP contribution is 2.20. The van der Waals surface area contributed by atoms with Gasteiger partial charge >= 0.3 is 0 Å². The highest BCUT2D eigenvalue weighted by Gasteiger charge is 2.04. The van der Waals surface area contributed by atoms with E-state index in [-0.39, 0.29) is 0 Å². The van der Waals surface area contributed by atoms with E-state index >= 15 is 0 Å². The molecule has 20 heavy (non-hydrogen) atoms. The summed E-state index contributed by atoms with van der Waals surface area (Å²) in [5, 5.41) is 3.39. The van der Waals surface area contributed by atoms with Gasteiger partial charge in [0.25, 0.3) is 0 Å². The maximum atomic E-state index is 5.23. The second-order valence-electron chi connectivity index (χ2n) is 5.13. The van der Waals surface area contributed by atoms with Crippen LogP contribution in [0.3, 0.4) is 0 Å². The molecular weight excluding hydrogens is 250 g/mol. The van der Waals surface area contributed by atoms with Gasteiger partial charge in [-0.1, -0.05) is 26.0 Å². The molecular formula is C16H21N3O. The van der Waals surface area contributed by atoms with E-state index in [1.165, 1.54) is 0 Å². The Morgan fingerprint density at radius 3 is 2.85 bits per heavy atom. The van der Waals surface area contributed by atoms with Crippen LogP contribution in [0.15, 0.2) is 36.5 Å². The molecule has 0 bridgehead atoms. The van der Waals surface area contributed by atoms with Gasteiger partial charge in [-0.05, 0) is 30.7 Å². The number of hydrogen-bond donors (Lipinski definition) is 1. The summed E-state index contributed by atoms with van der Waals surface area (Å²) in [7, 11) is 1.66. The van der Waals surface area contributed by atoms with Crippen molar-refractivity contribution < 1.29 is 4.74 Å². The molecule has 0 aliphatic heterocycles. The molecule has 2 aromatic rings. The number of methoxy groups -OCH3 is 1. The molecule has 0 aliphatic rings. The molecule has 4 heteroatoms. The van der Waals surface area contributed by atoms with Crippen LogP contribution in [-0.4, -0.2) is 23.6 Å². The zero-order valence-corrected chi connectivity index (χ0v) is 12.3. The number of nitrogens with one attached hydrogen (secondary N) is 1. The fraction of sp³-hybridized carbons (Fsp3) is 0.375. The van der Waals surface area contributed by atoms with Gasteiger partial charge in [0, 0.05) is 18.3 Å². The summed E-state index contributed by atoms with van der Waals surface area (Å²) in [5.41, 5.74) is 1.97. The van der Waals surface area contributed by atoms with Crippen LogP contribution in [0.4, 0.5) is 0 Å². The van der Waals surface area contributed by atoms with Crippen molar-refractivity contribution in [1.29, 1.82) is 0 Å². The van der Waals surface area contributed by atoms with Crippen molar-refractivity contribution in [3.8, 4) is 17.1 Å². The van der Waals surface area contributed by atoms with E-state index in [2.05, 4.69) is 29.1 Å². The molecule has 0 aliphatic carbocycles. The Hall–Kier alpha value is -1.94. The van der Waals surface area contributed by atoms with E-state index in [9.17, 15) is 0 Å². The number of nitrogens with zero attached hydrogens (tertiary/aromatic N) is 2. The predicted octanol–water partition coefficient (Wildman–Crippen LogP) is 2.90. The van der Waals surface area contributed by atoms with Gasteiger partial charge in [0.05, 0.1) is 12.8 Å². The molecule has 0 unspecified atom stereocenters. The van der Waals surface area contributed by atoms with Gasteiger partial charge in [0.15, 0.2) is 5.82 Å². The topological polar surface area (TPSA) is 47.0 Å². The number of benzene rings is 1. The summed E-state index contributed by atoms with van der Waals surface area (Å²) >= 11 is 0. The first-order chi connectivity index (χ1) is 9.69. The summed E-state index contributed by atoms with van der Waals surface area (Å²) < 4.78 is 5.23. The van der Waals surface area contributed by atoms with Crippen molar-refractivity contribution in [3.05, 3.63) is 42.2 Å². The highest BCUT2D eigenvalue weighted by molar-refractivity contribution is 5.57. The highest BCUT2D eigenvalue weighted by atomic mass is 16.5. The van der Waals surface area contributed by atoms with E-state index < -0.39 is 0 Å². The molecule has 0 atom stereocenters. The maximum Gasteiger partial charge on any atom is 0.159 e. The van der Waals surface area contributed by atoms with Gasteiger partial charge in [-0.25, -0.2) is 9.97 Å². The standard InChI is InChI=1S/C16H21N3O/c1-12(2)10-17-11-14-7-8-18-16(19-14)13-5-4-6-15(9-13)20-3/h4-9,12,17H,10-11H2,1-3H3. The third-order valence-corrected chi connectivity index (χ3v) is 2.90. The quantitative estimate of drug-likeness (QED) is 0.877. The van der Waals surface area contributed by atoms with Crippen LogP contribution in [0.2, 0.25) is 0 Å². The Bertz CT molecular complexity index is 555. The van der Waals surface area contributed by atoms with E-state index in [0.29, 0.717) is 5.92 Å². The van der Waals surface area contributed by atoms with Crippen molar-refractivity contribution >= 4 is 0 Å². The van der Waals surface area contributed by atoms with Crippen LogP contribution in [0.5, 0.6) is 5.75 Å². The van der Waals surface area contributed by atoms with Crippen LogP contribution in [0.1, 0.15) is 19.5 Å². The molecule has 1 heterocycles. The molecule has 1 aromatic heterocycles. The first-order valence-corrected chi connectivity index (χ1v) is 6.86. The Morgan fingerprint density at radius 2 is 2.10 bits per heavy atom. The van der Waals surface area contributed by atoms with Crippen molar-refractivity contribution in [1.82, 2.24) is 15.3 Å². The predicted molar refractivity (Wildman–Crippen MR) is 80.6 cm³/mol. The minimum atomic E-state index is 0.634. The van der Waals surface area contributed by atoms with Crippen molar-refractivity contribution in [3.63, 3.8) is 0 Å². The Morgan fingerprint density at radius 1 is 1.25 bits per heavy atom. The fourth-order valence-electron chi connectivity index (χ4n) is 1.88. The molecule has 0 saturated carbocycles. The van der Waals surface area contributed by atoms with Gasteiger partial charge in [-0.2, -0.15) is 0 Å². The molecule has 0 radical (unpaired) electrons. The Kier molecular flexibility index (Phi) is 5.07. The van der Waals surface area contributed by atoms with Crippen molar-refractivity contribution in [2.24, 2.45) is 5.92 Å². The fourth-order valence-corrected chi connectivity index (χ4v) is 1.88. The second-order valence-corrected chi connectivity index (χ2v) is 5.13. The Balaban J connectivity index is 2.12. The average Bonchev–Trinajstić information content (AvgIpc) is 2.47. The van der Waals surface area contributed by atoms with Crippen LogP contribution >= 0.6 is 0 Å². The van der Waals surface area contributed by atoms with Crippen LogP contribution < -0.4 is 10.1 Å². The molecule has 1 N–H and O–H groups in total. The Labute approximate surface area is 120 Å². The largest absolute Gasteiger partial charge is 0.497 e. The SMILES string of the molecule is COc1cccc(-c2nccc(CNCC(C)C)n2)c1. The third kappa shape index (κ3) is 4.03. The third-order valence-electron chi connectivity index (χ3n) is 2.90. The second kappa shape index (κ2) is 7.01. The summed E-state index contributed by atoms with van der Waals surface area (Å²) in [5.74, 6) is 2.18. The summed E-state index contributed by atoms with van der Waals surface area (Å²) in [6.45, 7) is 6.12. The summed E-state index contributed by atoms with van der Waals surface area (Å²) in [6, 6.07) is 9.74. The van der Waals surface area contributed by atoms with Crippen molar-refractivity contribution in [2.75, 3.05) is 13.7 Å². The van der Waals surface area contributed by atoms with Gasteiger partial charge in [-0.3, -0.25) is 0 Å². The minimum Gasteiger partial charge on any atom is -0.497 e. The van der Waals surface area contributed by atoms with Gasteiger partial charge in [0.1, 0.15) is 5.75 Å². The van der Waals surface area contributed by atoms with E-state index in [0.717, 1.165) is 35.9 Å². The zero-order chi connectivity index (χ0) is 14.4. The molecule has 4 nitrogen and oxygen atoms in total. The average molecular weight is 271 g/mol. The monoisotopic (exact) mass is 271 g/mol. The van der Waals surface area contributed by atoms with Crippen LogP contribution in [0.25, 0.3) is 11.4 Å². The summed E-state index contributed by atoms with van der Waals surface area (Å²) in [4.78, 5) is 8.92. The van der Waals surface area contributed by atoms with Gasteiger partial charge < -0.3 is 10.1 Å². The maximum absolute atomic E-state index is 5.23. The molecule has 0 amide bonds. The van der Waals surface area contributed by atoms with E-state index in [1.54, 1.807) is 13.3 Å². The number of aromatic nitrogens is 2. The normalized spacial score (nSPS) is 10.8. The van der Waals surface area contributed by atoms with E-state index in [1.807, 2.05) is 30.3 Å². The first kappa shape index (κ1) is 14.5. The van der Waals surface area contributed by atoms with Gasteiger partial charge in [0.2, 0.25) is 0 Å². The lowest BCUT2D eigenvalue weighted by molar-refractivity contribution is 0.415. The molecule has 106 valence electrons. The van der Waals surface area contributed by atoms with Crippen molar-refractivity contribution in [2.45, 2.75) is 20.4 Å². The lowest BCUT2D eigenvalue weighted by Gasteiger charge is -2.08. The molecule has 1 aromatic carbocycles. The molecule has 0 spiro atoms. The first-order valence-electron chi connectivity index (χ1n) is 6.86. The smallest absolute Gasteiger partial charge is 0.159 e. The molecule has 0 fully saturated rings. The lowest BCUT2D eigenvalue weighted by atomic mass is 10.2. The zero-order valence-electron chi connectivity index (χ0n) is 12.3. The lowest BCUT2D eigenvalue weighted by Crippen LogP contribution is -2.19. The van der Waals surface area contributed by atoms with Gasteiger partial charge in [-0.15, -0.1) is 0 Å². The number of ether oxygens (including phenoxy) is 1. The van der Waals surface area contributed by atoms with E-state index in [4.69, 9.17) is 4.74 Å². The van der Waals surface area contributed by atoms with Crippen LogP contribution in [-0.2, 0) is 6.54 Å². The molecule has 0 saturated heterocycles. The molecule has 2 rings (SSSR count). The number of rotatable bonds is 6. The number of hydrogen-bond acceptors (Lipinski definition) is 4. The summed E-state index contributed by atoms with van der Waals surface area (Å²) in [6.07, 6.45) is 1.80.